The molecule has 0 spiro atoms. The number of halogens is 1. The van der Waals surface area contributed by atoms with Crippen molar-refractivity contribution in [2.45, 2.75) is 58.3 Å². The fourth-order valence-corrected chi connectivity index (χ4v) is 2.74. The molecule has 1 aromatic carbocycles. The van der Waals surface area contributed by atoms with Crippen molar-refractivity contribution in [3.63, 3.8) is 0 Å². The van der Waals surface area contributed by atoms with Crippen LogP contribution in [0, 0.1) is 10.1 Å². The molecule has 0 atom stereocenters. The summed E-state index contributed by atoms with van der Waals surface area (Å²) in [5.74, 6) is -0.191. The number of hydrogen-bond acceptors (Lipinski definition) is 3. The predicted molar refractivity (Wildman–Crippen MR) is 84.2 cm³/mol. The summed E-state index contributed by atoms with van der Waals surface area (Å²) in [6.07, 6.45) is 8.99. The molecule has 0 aromatic heterocycles. The zero-order chi connectivity index (χ0) is 15.0. The number of benzene rings is 1. The van der Waals surface area contributed by atoms with E-state index in [-0.39, 0.29) is 11.4 Å². The number of nitro benzene ring substituents is 1. The van der Waals surface area contributed by atoms with Crippen molar-refractivity contribution in [1.82, 2.24) is 0 Å². The molecule has 0 fully saturated rings. The Kier molecular flexibility index (Phi) is 7.59. The molecule has 0 aliphatic carbocycles. The Morgan fingerprint density at radius 3 is 2.35 bits per heavy atom. The summed E-state index contributed by atoms with van der Waals surface area (Å²) in [5.41, 5.74) is 0.428. The van der Waals surface area contributed by atoms with Gasteiger partial charge in [-0.15, -0.1) is 0 Å². The van der Waals surface area contributed by atoms with Gasteiger partial charge in [0.2, 0.25) is 0 Å². The molecule has 5 heteroatoms. The quantitative estimate of drug-likeness (QED) is 0.373. The van der Waals surface area contributed by atoms with Crippen LogP contribution in [0.15, 0.2) is 16.6 Å². The lowest BCUT2D eigenvalue weighted by atomic mass is 10.0. The van der Waals surface area contributed by atoms with Gasteiger partial charge in [-0.05, 0) is 18.9 Å². The minimum absolute atomic E-state index is 0.191. The van der Waals surface area contributed by atoms with Crippen molar-refractivity contribution < 1.29 is 10.0 Å². The van der Waals surface area contributed by atoms with Crippen molar-refractivity contribution in [2.75, 3.05) is 0 Å². The molecule has 0 saturated heterocycles. The van der Waals surface area contributed by atoms with Crippen LogP contribution in [0.25, 0.3) is 0 Å². The molecule has 1 N–H and O–H groups in total. The van der Waals surface area contributed by atoms with Crippen LogP contribution in [-0.4, -0.2) is 10.0 Å². The first-order chi connectivity index (χ1) is 9.56. The van der Waals surface area contributed by atoms with Gasteiger partial charge in [-0.1, -0.05) is 61.4 Å². The Morgan fingerprint density at radius 2 is 1.75 bits per heavy atom. The van der Waals surface area contributed by atoms with Crippen LogP contribution >= 0.6 is 15.9 Å². The minimum atomic E-state index is -0.547. The van der Waals surface area contributed by atoms with Crippen LogP contribution in [0.2, 0.25) is 0 Å². The maximum absolute atomic E-state index is 10.8. The van der Waals surface area contributed by atoms with E-state index in [1.807, 2.05) is 0 Å². The number of rotatable bonds is 9. The van der Waals surface area contributed by atoms with Gasteiger partial charge in [-0.25, -0.2) is 0 Å². The van der Waals surface area contributed by atoms with E-state index in [2.05, 4.69) is 22.9 Å². The van der Waals surface area contributed by atoms with Gasteiger partial charge in [-0.3, -0.25) is 10.1 Å². The summed E-state index contributed by atoms with van der Waals surface area (Å²) < 4.78 is 0.639. The van der Waals surface area contributed by atoms with E-state index in [1.165, 1.54) is 38.2 Å². The Labute approximate surface area is 128 Å². The number of aromatic hydroxyl groups is 1. The molecule has 0 saturated carbocycles. The van der Waals surface area contributed by atoms with Crippen LogP contribution in [0.4, 0.5) is 5.69 Å². The lowest BCUT2D eigenvalue weighted by Crippen LogP contribution is -1.94. The molecule has 0 heterocycles. The van der Waals surface area contributed by atoms with Crippen molar-refractivity contribution >= 4 is 21.6 Å². The molecule has 0 unspecified atom stereocenters. The minimum Gasteiger partial charge on any atom is -0.502 e. The third-order valence-electron chi connectivity index (χ3n) is 3.38. The molecule has 20 heavy (non-hydrogen) atoms. The van der Waals surface area contributed by atoms with Gasteiger partial charge in [0, 0.05) is 16.1 Å². The number of phenolic OH excluding ortho intramolecular Hbond substituents is 1. The molecular weight excluding hydrogens is 322 g/mol. The summed E-state index contributed by atoms with van der Waals surface area (Å²) in [5, 5.41) is 20.7. The van der Waals surface area contributed by atoms with Crippen molar-refractivity contribution in [3.8, 4) is 5.75 Å². The number of nitro groups is 1. The molecular formula is C15H22BrNO3. The normalized spacial score (nSPS) is 10.7. The summed E-state index contributed by atoms with van der Waals surface area (Å²) in [6.45, 7) is 2.20. The Hall–Kier alpha value is -1.10. The van der Waals surface area contributed by atoms with E-state index < -0.39 is 4.92 Å². The standard InChI is InChI=1S/C15H22BrNO3/c1-2-3-4-5-6-7-8-9-12-10-13(16)11-14(15(12)18)17(19)20/h10-11,18H,2-9H2,1H3. The molecule has 4 nitrogen and oxygen atoms in total. The first kappa shape index (κ1) is 17.0. The Balaban J connectivity index is 2.46. The van der Waals surface area contributed by atoms with E-state index in [0.717, 1.165) is 12.8 Å². The molecule has 0 aliphatic rings. The van der Waals surface area contributed by atoms with Gasteiger partial charge >= 0.3 is 5.69 Å². The number of unbranched alkanes of at least 4 members (excludes halogenated alkanes) is 6. The van der Waals surface area contributed by atoms with E-state index >= 15 is 0 Å². The first-order valence-corrected chi connectivity index (χ1v) is 8.01. The maximum Gasteiger partial charge on any atom is 0.312 e. The SMILES string of the molecule is CCCCCCCCCc1cc(Br)cc([N+](=O)[O-])c1O. The average molecular weight is 344 g/mol. The molecule has 1 aromatic rings. The second-order valence-corrected chi connectivity index (χ2v) is 5.98. The van der Waals surface area contributed by atoms with Crippen LogP contribution in [0.1, 0.15) is 57.4 Å². The smallest absolute Gasteiger partial charge is 0.312 e. The molecule has 112 valence electrons. The van der Waals surface area contributed by atoms with E-state index in [4.69, 9.17) is 0 Å². The van der Waals surface area contributed by atoms with Crippen LogP contribution in [-0.2, 0) is 6.42 Å². The topological polar surface area (TPSA) is 63.4 Å². The molecule has 0 radical (unpaired) electrons. The van der Waals surface area contributed by atoms with Crippen molar-refractivity contribution in [3.05, 3.63) is 32.3 Å². The summed E-state index contributed by atoms with van der Waals surface area (Å²) in [6, 6.07) is 3.10. The zero-order valence-corrected chi connectivity index (χ0v) is 13.5. The lowest BCUT2D eigenvalue weighted by Gasteiger charge is -2.06. The monoisotopic (exact) mass is 343 g/mol. The van der Waals surface area contributed by atoms with Crippen LogP contribution < -0.4 is 0 Å². The molecule has 1 rings (SSSR count). The summed E-state index contributed by atoms with van der Waals surface area (Å²) in [7, 11) is 0. The lowest BCUT2D eigenvalue weighted by molar-refractivity contribution is -0.386. The third kappa shape index (κ3) is 5.49. The zero-order valence-electron chi connectivity index (χ0n) is 11.9. The number of aryl methyl sites for hydroxylation is 1. The predicted octanol–water partition coefficient (Wildman–Crippen LogP) is 5.36. The highest BCUT2D eigenvalue weighted by Crippen LogP contribution is 2.34. The van der Waals surface area contributed by atoms with Crippen molar-refractivity contribution in [2.24, 2.45) is 0 Å². The van der Waals surface area contributed by atoms with Gasteiger partial charge in [0.15, 0.2) is 5.75 Å². The van der Waals surface area contributed by atoms with Crippen molar-refractivity contribution in [1.29, 1.82) is 0 Å². The number of phenols is 1. The maximum atomic E-state index is 10.8. The number of nitrogens with zero attached hydrogens (tertiary/aromatic N) is 1. The second-order valence-electron chi connectivity index (χ2n) is 5.06. The van der Waals surface area contributed by atoms with Gasteiger partial charge in [0.25, 0.3) is 0 Å². The fraction of sp³-hybridized carbons (Fsp3) is 0.600. The Morgan fingerprint density at radius 1 is 1.15 bits per heavy atom. The van der Waals surface area contributed by atoms with Crippen LogP contribution in [0.3, 0.4) is 0 Å². The molecule has 0 aliphatic heterocycles. The Bertz CT molecular complexity index is 449. The average Bonchev–Trinajstić information content (AvgIpc) is 2.40. The van der Waals surface area contributed by atoms with Crippen LogP contribution in [0.5, 0.6) is 5.75 Å². The second kappa shape index (κ2) is 8.95. The van der Waals surface area contributed by atoms with E-state index in [9.17, 15) is 15.2 Å². The largest absolute Gasteiger partial charge is 0.502 e. The van der Waals surface area contributed by atoms with E-state index in [0.29, 0.717) is 16.5 Å². The van der Waals surface area contributed by atoms with Gasteiger partial charge in [0.05, 0.1) is 4.92 Å². The van der Waals surface area contributed by atoms with E-state index in [1.54, 1.807) is 6.07 Å². The highest BCUT2D eigenvalue weighted by atomic mass is 79.9. The summed E-state index contributed by atoms with van der Waals surface area (Å²) in [4.78, 5) is 10.3. The molecule has 0 amide bonds. The fourth-order valence-electron chi connectivity index (χ4n) is 2.24. The highest BCUT2D eigenvalue weighted by Gasteiger charge is 2.17. The van der Waals surface area contributed by atoms with Gasteiger partial charge < -0.3 is 5.11 Å². The highest BCUT2D eigenvalue weighted by molar-refractivity contribution is 9.10. The third-order valence-corrected chi connectivity index (χ3v) is 3.84. The first-order valence-electron chi connectivity index (χ1n) is 7.22. The number of hydrogen-bond donors (Lipinski definition) is 1. The van der Waals surface area contributed by atoms with Gasteiger partial charge in [0.1, 0.15) is 0 Å². The summed E-state index contributed by atoms with van der Waals surface area (Å²) >= 11 is 3.25. The van der Waals surface area contributed by atoms with Gasteiger partial charge in [-0.2, -0.15) is 0 Å². The molecule has 0 bridgehead atoms.